The van der Waals surface area contributed by atoms with E-state index >= 15 is 4.39 Å². The van der Waals surface area contributed by atoms with E-state index in [0.29, 0.717) is 53.5 Å². The summed E-state index contributed by atoms with van der Waals surface area (Å²) in [4.78, 5) is 24.1. The maximum atomic E-state index is 15.1. The molecule has 1 saturated carbocycles. The number of amidine groups is 1. The molecule has 236 valence electrons. The summed E-state index contributed by atoms with van der Waals surface area (Å²) >= 11 is 6.27. The molecule has 4 aromatic rings. The third-order valence-corrected chi connectivity index (χ3v) is 7.90. The predicted molar refractivity (Wildman–Crippen MR) is 173 cm³/mol. The molecular weight excluding hydrogens is 588 g/mol. The van der Waals surface area contributed by atoms with Gasteiger partial charge >= 0.3 is 5.69 Å². The molecule has 44 heavy (non-hydrogen) atoms. The molecule has 12 heteroatoms. The van der Waals surface area contributed by atoms with Gasteiger partial charge in [0.1, 0.15) is 18.2 Å². The lowest BCUT2D eigenvalue weighted by atomic mass is 10.00. The number of hydrogen-bond acceptors (Lipinski definition) is 6. The number of fused-ring (bicyclic) bond motifs is 1. The number of alkyl halides is 1. The molecule has 7 N–H and O–H groups in total. The minimum absolute atomic E-state index is 0.0192. The van der Waals surface area contributed by atoms with Gasteiger partial charge < -0.3 is 26.9 Å². The van der Waals surface area contributed by atoms with Crippen LogP contribution in [0.4, 0.5) is 8.78 Å². The summed E-state index contributed by atoms with van der Waals surface area (Å²) in [6, 6.07) is 13.1. The lowest BCUT2D eigenvalue weighted by molar-refractivity contribution is 0.399. The Bertz CT molecular complexity index is 1620. The van der Waals surface area contributed by atoms with Crippen molar-refractivity contribution in [2.45, 2.75) is 51.1 Å². The van der Waals surface area contributed by atoms with E-state index in [0.717, 1.165) is 43.9 Å². The number of aromatic amines is 1. The molecular formula is C32H40ClF2N7O2. The Morgan fingerprint density at radius 2 is 1.95 bits per heavy atom. The predicted octanol–water partition coefficient (Wildman–Crippen LogP) is 4.65. The number of nitrogens with zero attached hydrogens (tertiary/aromatic N) is 3. The second kappa shape index (κ2) is 15.9. The lowest BCUT2D eigenvalue weighted by Gasteiger charge is -2.11. The van der Waals surface area contributed by atoms with Crippen molar-refractivity contribution in [2.75, 3.05) is 26.9 Å². The van der Waals surface area contributed by atoms with Crippen LogP contribution in [0.3, 0.4) is 0 Å². The molecule has 9 nitrogen and oxygen atoms in total. The van der Waals surface area contributed by atoms with E-state index in [4.69, 9.17) is 28.2 Å². The smallest absolute Gasteiger partial charge is 0.354 e. The van der Waals surface area contributed by atoms with Crippen LogP contribution in [-0.2, 0) is 13.0 Å². The largest absolute Gasteiger partial charge is 0.400 e. The number of benzene rings is 2. The van der Waals surface area contributed by atoms with E-state index in [1.807, 2.05) is 24.3 Å². The van der Waals surface area contributed by atoms with Crippen molar-refractivity contribution in [1.29, 1.82) is 0 Å². The normalized spacial score (nSPS) is 14.0. The molecule has 0 aliphatic heterocycles. The number of nitrogens with one attached hydrogen (secondary N) is 2. The standard InChI is InChI=1S/C31H36ClF2N7O.CH4O/c32-25-14-20(3-1-4-26(35)21-7-8-21)13-24(29(25)34)27-15-22-18-41(31(42)40-30(22)39-27)23-9-5-19(6-10-23)17-37-11-2-12-38-28(36)16-33;1-2/h5-6,9-10,13-15,18,21,26,37H,1-4,7-8,11-12,16-17,35H2,(H2,36,38)(H,39,40,42);2H,1H3. The minimum Gasteiger partial charge on any atom is -0.400 e. The Kier molecular flexibility index (Phi) is 12.0. The van der Waals surface area contributed by atoms with Crippen LogP contribution in [0, 0.1) is 11.7 Å². The summed E-state index contributed by atoms with van der Waals surface area (Å²) in [6.45, 7) is 1.09. The third-order valence-electron chi connectivity index (χ3n) is 7.62. The number of halogens is 3. The van der Waals surface area contributed by atoms with Crippen LogP contribution in [0.15, 0.2) is 58.4 Å². The second-order valence-corrected chi connectivity index (χ2v) is 11.3. The SMILES string of the molecule is CO.NC(CF)=NCCCNCc1ccc(-n2cc3cc(-c4cc(CCCC(N)C5CC5)cc(Cl)c4F)[nH]c3nc2=O)cc1. The van der Waals surface area contributed by atoms with Gasteiger partial charge in [-0.05, 0) is 92.4 Å². The zero-order chi connectivity index (χ0) is 31.6. The molecule has 5 rings (SSSR count). The lowest BCUT2D eigenvalue weighted by Crippen LogP contribution is -2.22. The Balaban J connectivity index is 0.00000216. The van der Waals surface area contributed by atoms with Gasteiger partial charge in [0.15, 0.2) is 5.82 Å². The van der Waals surface area contributed by atoms with Gasteiger partial charge in [-0.3, -0.25) is 9.56 Å². The van der Waals surface area contributed by atoms with Crippen LogP contribution in [0.2, 0.25) is 5.02 Å². The maximum absolute atomic E-state index is 15.1. The monoisotopic (exact) mass is 627 g/mol. The van der Waals surface area contributed by atoms with Crippen molar-refractivity contribution in [1.82, 2.24) is 19.9 Å². The van der Waals surface area contributed by atoms with E-state index in [1.165, 1.54) is 17.4 Å². The minimum atomic E-state index is -0.728. The van der Waals surface area contributed by atoms with Gasteiger partial charge in [-0.25, -0.2) is 13.6 Å². The van der Waals surface area contributed by atoms with Gasteiger partial charge in [-0.1, -0.05) is 23.7 Å². The molecule has 2 aromatic heterocycles. The molecule has 1 atom stereocenters. The summed E-state index contributed by atoms with van der Waals surface area (Å²) in [5.74, 6) is 0.153. The van der Waals surface area contributed by atoms with E-state index in [9.17, 15) is 9.18 Å². The number of nitrogens with two attached hydrogens (primary N) is 2. The van der Waals surface area contributed by atoms with Gasteiger partial charge in [0.2, 0.25) is 0 Å². The van der Waals surface area contributed by atoms with Crippen LogP contribution in [0.25, 0.3) is 28.0 Å². The van der Waals surface area contributed by atoms with Gasteiger partial charge in [0.25, 0.3) is 0 Å². The molecule has 0 bridgehead atoms. The summed E-state index contributed by atoms with van der Waals surface area (Å²) in [5.41, 5.74) is 15.0. The Labute approximate surface area is 260 Å². The fourth-order valence-corrected chi connectivity index (χ4v) is 5.33. The number of aromatic nitrogens is 3. The number of aryl methyl sites for hydroxylation is 1. The molecule has 2 aromatic carbocycles. The number of hydrogen-bond donors (Lipinski definition) is 5. The first-order chi connectivity index (χ1) is 21.3. The van der Waals surface area contributed by atoms with Gasteiger partial charge in [-0.2, -0.15) is 4.98 Å². The molecule has 1 aliphatic carbocycles. The molecule has 0 spiro atoms. The zero-order valence-corrected chi connectivity index (χ0v) is 25.6. The first kappa shape index (κ1) is 33.3. The van der Waals surface area contributed by atoms with E-state index in [1.54, 1.807) is 24.4 Å². The van der Waals surface area contributed by atoms with E-state index in [-0.39, 0.29) is 16.9 Å². The topological polar surface area (TPSA) is 147 Å². The molecule has 1 aliphatic rings. The van der Waals surface area contributed by atoms with Gasteiger partial charge in [0.05, 0.1) is 16.4 Å². The zero-order valence-electron chi connectivity index (χ0n) is 24.8. The fraction of sp³-hybridized carbons (Fsp3) is 0.406. The number of aliphatic hydroxyl groups is 1. The summed E-state index contributed by atoms with van der Waals surface area (Å²) in [6.07, 6.45) is 7.48. The molecule has 2 heterocycles. The quantitative estimate of drug-likeness (QED) is 0.0781. The fourth-order valence-electron chi connectivity index (χ4n) is 5.09. The average molecular weight is 628 g/mol. The van der Waals surface area contributed by atoms with Crippen LogP contribution in [-0.4, -0.2) is 58.4 Å². The Morgan fingerprint density at radius 3 is 2.66 bits per heavy atom. The van der Waals surface area contributed by atoms with Crippen molar-refractivity contribution in [3.63, 3.8) is 0 Å². The second-order valence-electron chi connectivity index (χ2n) is 10.9. The summed E-state index contributed by atoms with van der Waals surface area (Å²) < 4.78 is 28.9. The van der Waals surface area contributed by atoms with Crippen molar-refractivity contribution < 1.29 is 13.9 Å². The first-order valence-electron chi connectivity index (χ1n) is 14.8. The molecule has 1 unspecified atom stereocenters. The van der Waals surface area contributed by atoms with Crippen molar-refractivity contribution in [2.24, 2.45) is 22.4 Å². The molecule has 0 amide bonds. The van der Waals surface area contributed by atoms with Gasteiger partial charge in [0, 0.05) is 43.4 Å². The highest BCUT2D eigenvalue weighted by Crippen LogP contribution is 2.34. The highest BCUT2D eigenvalue weighted by Gasteiger charge is 2.27. The number of rotatable bonds is 14. The van der Waals surface area contributed by atoms with Gasteiger partial charge in [-0.15, -0.1) is 0 Å². The summed E-state index contributed by atoms with van der Waals surface area (Å²) in [7, 11) is 1.00. The summed E-state index contributed by atoms with van der Waals surface area (Å²) in [5, 5.41) is 11.0. The molecule has 0 saturated heterocycles. The third kappa shape index (κ3) is 8.72. The Morgan fingerprint density at radius 1 is 1.20 bits per heavy atom. The maximum Gasteiger partial charge on any atom is 0.354 e. The highest BCUT2D eigenvalue weighted by atomic mass is 35.5. The van der Waals surface area contributed by atoms with Crippen LogP contribution < -0.4 is 22.5 Å². The number of H-pyrrole nitrogens is 1. The van der Waals surface area contributed by atoms with Crippen LogP contribution in [0.1, 0.15) is 43.2 Å². The van der Waals surface area contributed by atoms with E-state index in [2.05, 4.69) is 20.3 Å². The Hall–Kier alpha value is -3.64. The van der Waals surface area contributed by atoms with Crippen molar-refractivity contribution >= 4 is 28.5 Å². The van der Waals surface area contributed by atoms with Crippen molar-refractivity contribution in [3.8, 4) is 16.9 Å². The first-order valence-corrected chi connectivity index (χ1v) is 15.2. The van der Waals surface area contributed by atoms with Crippen LogP contribution >= 0.6 is 11.6 Å². The highest BCUT2D eigenvalue weighted by molar-refractivity contribution is 6.31. The van der Waals surface area contributed by atoms with Crippen molar-refractivity contribution in [3.05, 3.63) is 81.1 Å². The van der Waals surface area contributed by atoms with Crippen LogP contribution in [0.5, 0.6) is 0 Å². The number of aliphatic hydroxyl groups excluding tert-OH is 1. The number of aliphatic imine (C=N–C) groups is 1. The average Bonchev–Trinajstić information content (AvgIpc) is 3.81. The molecule has 1 fully saturated rings. The molecule has 0 radical (unpaired) electrons. The van der Waals surface area contributed by atoms with E-state index < -0.39 is 18.2 Å².